The van der Waals surface area contributed by atoms with Crippen LogP contribution in [0.4, 0.5) is 0 Å². The van der Waals surface area contributed by atoms with E-state index in [4.69, 9.17) is 9.47 Å². The molecular formula is C38H54BrN3O7. The van der Waals surface area contributed by atoms with Crippen molar-refractivity contribution in [1.29, 1.82) is 0 Å². The molecule has 270 valence electrons. The number of aliphatic hydroxyl groups excluding tert-OH is 1. The zero-order chi connectivity index (χ0) is 36.5. The van der Waals surface area contributed by atoms with Crippen molar-refractivity contribution < 1.29 is 33.8 Å². The van der Waals surface area contributed by atoms with Crippen molar-refractivity contribution in [3.63, 3.8) is 0 Å². The smallest absolute Gasteiger partial charge is 0.313 e. The molecule has 8 atom stereocenters. The van der Waals surface area contributed by atoms with Gasteiger partial charge in [0, 0.05) is 36.9 Å². The van der Waals surface area contributed by atoms with Crippen LogP contribution in [0, 0.1) is 17.3 Å². The molecule has 3 heterocycles. The highest BCUT2D eigenvalue weighted by molar-refractivity contribution is 9.09. The van der Waals surface area contributed by atoms with Gasteiger partial charge in [0.2, 0.25) is 17.7 Å². The van der Waals surface area contributed by atoms with Crippen molar-refractivity contribution in [3.8, 4) is 0 Å². The summed E-state index contributed by atoms with van der Waals surface area (Å²) >= 11 is 3.73. The second-order valence-electron chi connectivity index (χ2n) is 15.5. The standard InChI is InChI=1S/C38H54BrN3O7/c1-10-12-18-27(44)40(9)24(3)30(25-16-14-13-15-17-25)48-35(47)28-29-33(45)41(20-21-43)32(38(29)22-26(39)31(28)49-38)34(46)42(19-11-2)37(7,8)23-36(4,5)6/h10-11,13-17,24,26,28-32,43H,1-2,12,18-23H2,3-9H3/t24-,26?,28-,29+,30+,31-,32-,38+/m1/s1. The fourth-order valence-electron chi connectivity index (χ4n) is 8.46. The molecule has 3 saturated heterocycles. The monoisotopic (exact) mass is 743 g/mol. The van der Waals surface area contributed by atoms with E-state index in [9.17, 15) is 24.3 Å². The summed E-state index contributed by atoms with van der Waals surface area (Å²) in [6.45, 7) is 19.6. The number of ether oxygens (including phenoxy) is 2. The Morgan fingerprint density at radius 3 is 2.39 bits per heavy atom. The maximum absolute atomic E-state index is 14.8. The van der Waals surface area contributed by atoms with Gasteiger partial charge in [-0.1, -0.05) is 79.2 Å². The van der Waals surface area contributed by atoms with Gasteiger partial charge in [-0.2, -0.15) is 0 Å². The number of carbonyl (C=O) groups is 4. The third kappa shape index (κ3) is 7.54. The van der Waals surface area contributed by atoms with E-state index in [0.29, 0.717) is 24.8 Å². The predicted molar refractivity (Wildman–Crippen MR) is 192 cm³/mol. The average molecular weight is 745 g/mol. The number of aliphatic hydroxyl groups is 1. The molecule has 0 saturated carbocycles. The maximum atomic E-state index is 14.8. The van der Waals surface area contributed by atoms with Crippen LogP contribution in [-0.4, -0.2) is 104 Å². The number of amides is 3. The Balaban J connectivity index is 1.72. The van der Waals surface area contributed by atoms with Crippen LogP contribution < -0.4 is 0 Å². The molecule has 1 N–H and O–H groups in total. The summed E-state index contributed by atoms with van der Waals surface area (Å²) in [5.74, 6) is -3.46. The van der Waals surface area contributed by atoms with Gasteiger partial charge in [0.15, 0.2) is 0 Å². The molecule has 3 amide bonds. The lowest BCUT2D eigenvalue weighted by molar-refractivity contribution is -0.164. The summed E-state index contributed by atoms with van der Waals surface area (Å²) in [7, 11) is 1.68. The van der Waals surface area contributed by atoms with Gasteiger partial charge in [-0.05, 0) is 51.0 Å². The highest BCUT2D eigenvalue weighted by Crippen LogP contribution is 2.60. The summed E-state index contributed by atoms with van der Waals surface area (Å²) in [6, 6.07) is 7.63. The second kappa shape index (κ2) is 15.1. The fraction of sp³-hybridized carbons (Fsp3) is 0.632. The number of esters is 1. The lowest BCUT2D eigenvalue weighted by Crippen LogP contribution is -2.61. The largest absolute Gasteiger partial charge is 0.455 e. The van der Waals surface area contributed by atoms with Gasteiger partial charge >= 0.3 is 5.97 Å². The highest BCUT2D eigenvalue weighted by atomic mass is 79.9. The number of carbonyl (C=O) groups excluding carboxylic acids is 4. The molecule has 1 spiro atoms. The minimum atomic E-state index is -1.31. The summed E-state index contributed by atoms with van der Waals surface area (Å²) < 4.78 is 13.0. The first-order chi connectivity index (χ1) is 23.0. The van der Waals surface area contributed by atoms with Gasteiger partial charge in [-0.15, -0.1) is 13.2 Å². The number of hydrogen-bond acceptors (Lipinski definition) is 7. The predicted octanol–water partition coefficient (Wildman–Crippen LogP) is 5.05. The van der Waals surface area contributed by atoms with Gasteiger partial charge in [-0.25, -0.2) is 0 Å². The van der Waals surface area contributed by atoms with Gasteiger partial charge in [-0.3, -0.25) is 19.2 Å². The van der Waals surface area contributed by atoms with Crippen molar-refractivity contribution in [2.75, 3.05) is 26.7 Å². The molecular weight excluding hydrogens is 690 g/mol. The van der Waals surface area contributed by atoms with Gasteiger partial charge in [0.25, 0.3) is 0 Å². The lowest BCUT2D eigenvalue weighted by Gasteiger charge is -2.45. The number of fused-ring (bicyclic) bond motifs is 1. The van der Waals surface area contributed by atoms with Crippen LogP contribution in [0.3, 0.4) is 0 Å². The molecule has 11 heteroatoms. The molecule has 10 nitrogen and oxygen atoms in total. The van der Waals surface area contributed by atoms with Crippen molar-refractivity contribution in [2.45, 2.75) is 107 Å². The first-order valence-electron chi connectivity index (χ1n) is 17.2. The summed E-state index contributed by atoms with van der Waals surface area (Å²) in [4.78, 5) is 61.1. The number of hydrogen-bond donors (Lipinski definition) is 1. The van der Waals surface area contributed by atoms with E-state index in [1.54, 1.807) is 29.0 Å². The zero-order valence-corrected chi connectivity index (χ0v) is 31.6. The Hall–Kier alpha value is -3.02. The first kappa shape index (κ1) is 38.8. The van der Waals surface area contributed by atoms with Gasteiger partial charge in [0.05, 0.1) is 30.6 Å². The number of alkyl halides is 1. The Bertz CT molecular complexity index is 1410. The Labute approximate surface area is 300 Å². The number of nitrogens with zero attached hydrogens (tertiary/aromatic N) is 3. The Morgan fingerprint density at radius 2 is 1.82 bits per heavy atom. The third-order valence-electron chi connectivity index (χ3n) is 10.3. The third-order valence-corrected chi connectivity index (χ3v) is 11.1. The van der Waals surface area contributed by atoms with E-state index in [-0.39, 0.29) is 48.2 Å². The van der Waals surface area contributed by atoms with Crippen molar-refractivity contribution in [2.24, 2.45) is 17.3 Å². The Kier molecular flexibility index (Phi) is 11.9. The van der Waals surface area contributed by atoms with E-state index in [1.807, 2.05) is 51.1 Å². The summed E-state index contributed by atoms with van der Waals surface area (Å²) in [6.07, 6.45) is 3.61. The number of benzene rings is 1. The van der Waals surface area contributed by atoms with E-state index in [1.165, 1.54) is 4.90 Å². The normalized spacial score (nSPS) is 27.3. The Morgan fingerprint density at radius 1 is 1.16 bits per heavy atom. The van der Waals surface area contributed by atoms with E-state index < -0.39 is 59.1 Å². The van der Waals surface area contributed by atoms with E-state index >= 15 is 0 Å². The summed E-state index contributed by atoms with van der Waals surface area (Å²) in [5.41, 5.74) is -1.32. The zero-order valence-electron chi connectivity index (χ0n) is 30.1. The van der Waals surface area contributed by atoms with Gasteiger partial charge < -0.3 is 29.3 Å². The van der Waals surface area contributed by atoms with Crippen molar-refractivity contribution in [1.82, 2.24) is 14.7 Å². The molecule has 1 unspecified atom stereocenters. The molecule has 3 aliphatic rings. The molecule has 0 aliphatic carbocycles. The topological polar surface area (TPSA) is 117 Å². The number of likely N-dealkylation sites (N-methyl/N-ethyl adjacent to an activating group) is 1. The van der Waals surface area contributed by atoms with Crippen LogP contribution in [0.5, 0.6) is 0 Å². The molecule has 0 radical (unpaired) electrons. The minimum absolute atomic E-state index is 0.0842. The second-order valence-corrected chi connectivity index (χ2v) is 16.7. The first-order valence-corrected chi connectivity index (χ1v) is 18.1. The molecule has 3 fully saturated rings. The SMILES string of the molecule is C=CCCC(=O)N(C)[C@H](C)[C@H](OC(=O)[C@H]1[C@@H]2O[C@@]3(CC2Br)[C@@H]1C(=O)N(CCO)[C@@H]3C(=O)N(CC=C)C(C)(C)CC(C)(C)C)c1ccccc1. The van der Waals surface area contributed by atoms with Crippen molar-refractivity contribution in [3.05, 3.63) is 61.2 Å². The van der Waals surface area contributed by atoms with E-state index in [2.05, 4.69) is 49.9 Å². The minimum Gasteiger partial charge on any atom is -0.455 e. The van der Waals surface area contributed by atoms with Crippen LogP contribution in [0.2, 0.25) is 0 Å². The van der Waals surface area contributed by atoms with Crippen LogP contribution in [-0.2, 0) is 28.7 Å². The maximum Gasteiger partial charge on any atom is 0.313 e. The highest BCUT2D eigenvalue weighted by Gasteiger charge is 2.77. The molecule has 3 aliphatic heterocycles. The quantitative estimate of drug-likeness (QED) is 0.152. The van der Waals surface area contributed by atoms with Crippen LogP contribution in [0.1, 0.15) is 78.9 Å². The number of allylic oxidation sites excluding steroid dienone is 1. The fourth-order valence-corrected chi connectivity index (χ4v) is 9.40. The van der Waals surface area contributed by atoms with Crippen molar-refractivity contribution >= 4 is 39.6 Å². The summed E-state index contributed by atoms with van der Waals surface area (Å²) in [5, 5.41) is 10.1. The molecule has 49 heavy (non-hydrogen) atoms. The van der Waals surface area contributed by atoms with Crippen LogP contribution in [0.25, 0.3) is 0 Å². The molecule has 2 bridgehead atoms. The van der Waals surface area contributed by atoms with E-state index in [0.717, 1.165) is 0 Å². The number of halogens is 1. The molecule has 4 rings (SSSR count). The average Bonchev–Trinajstić information content (AvgIpc) is 3.62. The lowest BCUT2D eigenvalue weighted by atomic mass is 9.70. The van der Waals surface area contributed by atoms with Crippen LogP contribution in [0.15, 0.2) is 55.6 Å². The molecule has 1 aromatic rings. The number of β-amino-alcohol motifs (C(OH)–C–C–N with tert-alkyl or cyclic N) is 1. The molecule has 1 aromatic carbocycles. The van der Waals surface area contributed by atoms with Crippen LogP contribution >= 0.6 is 15.9 Å². The van der Waals surface area contributed by atoms with Gasteiger partial charge in [0.1, 0.15) is 17.7 Å². The number of rotatable bonds is 15. The molecule has 0 aromatic heterocycles. The number of likely N-dealkylation sites (tertiary alicyclic amines) is 1.